The van der Waals surface area contributed by atoms with Crippen molar-refractivity contribution in [1.29, 1.82) is 0 Å². The van der Waals surface area contributed by atoms with Crippen LogP contribution in [0.15, 0.2) is 22.7 Å². The third-order valence-corrected chi connectivity index (χ3v) is 2.36. The summed E-state index contributed by atoms with van der Waals surface area (Å²) in [5.74, 6) is 0.226. The molecule has 14 heavy (non-hydrogen) atoms. The molecule has 0 spiro atoms. The molecule has 0 unspecified atom stereocenters. The second-order valence-electron chi connectivity index (χ2n) is 2.89. The molecule has 0 heterocycles. The quantitative estimate of drug-likeness (QED) is 0.792. The molecule has 0 radical (unpaired) electrons. The van der Waals surface area contributed by atoms with Crippen molar-refractivity contribution in [2.75, 3.05) is 6.54 Å². The van der Waals surface area contributed by atoms with Crippen LogP contribution in [0.2, 0.25) is 0 Å². The summed E-state index contributed by atoms with van der Waals surface area (Å²) in [6, 6.07) is 5.02. The van der Waals surface area contributed by atoms with Crippen LogP contribution in [0.1, 0.15) is 18.0 Å². The number of phenolic OH excluding ortho intramolecular Hbond substituents is 1. The third-order valence-electron chi connectivity index (χ3n) is 1.87. The molecule has 5 N–H and O–H groups in total. The minimum Gasteiger partial charge on any atom is -0.508 e. The third kappa shape index (κ3) is 3.46. The smallest absolute Gasteiger partial charge is 0.120 e. The molecular weight excluding hydrogens is 267 g/mol. The topological polar surface area (TPSA) is 72.3 Å². The lowest BCUT2D eigenvalue weighted by molar-refractivity contribution is 0.459. The average Bonchev–Trinajstić information content (AvgIpc) is 2.09. The van der Waals surface area contributed by atoms with Crippen molar-refractivity contribution in [3.8, 4) is 5.75 Å². The molecule has 0 fully saturated rings. The molecule has 0 aliphatic rings. The summed E-state index contributed by atoms with van der Waals surface area (Å²) in [5, 5.41) is 9.49. The average molecular weight is 282 g/mol. The predicted octanol–water partition coefficient (Wildman–Crippen LogP) is 1.93. The predicted molar refractivity (Wildman–Crippen MR) is 63.7 cm³/mol. The lowest BCUT2D eigenvalue weighted by atomic mass is 10.0. The fourth-order valence-electron chi connectivity index (χ4n) is 1.16. The van der Waals surface area contributed by atoms with Gasteiger partial charge in [-0.1, -0.05) is 15.9 Å². The number of benzene rings is 1. The first-order chi connectivity index (χ1) is 6.15. The van der Waals surface area contributed by atoms with E-state index in [4.69, 9.17) is 11.5 Å². The summed E-state index contributed by atoms with van der Waals surface area (Å²) in [7, 11) is 0. The Kier molecular flexibility index (Phi) is 6.11. The molecular formula is C9H14BrClN2O. The first-order valence-corrected chi connectivity index (χ1v) is 4.88. The van der Waals surface area contributed by atoms with Crippen molar-refractivity contribution in [1.82, 2.24) is 0 Å². The van der Waals surface area contributed by atoms with Gasteiger partial charge in [0, 0.05) is 16.1 Å². The van der Waals surface area contributed by atoms with Gasteiger partial charge >= 0.3 is 0 Å². The summed E-state index contributed by atoms with van der Waals surface area (Å²) in [5.41, 5.74) is 11.9. The maximum atomic E-state index is 9.49. The van der Waals surface area contributed by atoms with Gasteiger partial charge in [0.05, 0.1) is 0 Å². The van der Waals surface area contributed by atoms with Gasteiger partial charge in [-0.25, -0.2) is 0 Å². The van der Waals surface area contributed by atoms with Gasteiger partial charge in [-0.15, -0.1) is 12.4 Å². The van der Waals surface area contributed by atoms with Crippen LogP contribution in [0.5, 0.6) is 5.75 Å². The molecule has 0 saturated carbocycles. The van der Waals surface area contributed by atoms with E-state index in [-0.39, 0.29) is 24.2 Å². The van der Waals surface area contributed by atoms with Crippen LogP contribution in [0.25, 0.3) is 0 Å². The lowest BCUT2D eigenvalue weighted by Crippen LogP contribution is -2.15. The van der Waals surface area contributed by atoms with E-state index in [1.807, 2.05) is 6.07 Å². The molecule has 3 nitrogen and oxygen atoms in total. The molecule has 0 aromatic heterocycles. The zero-order chi connectivity index (χ0) is 9.84. The highest BCUT2D eigenvalue weighted by molar-refractivity contribution is 9.10. The highest BCUT2D eigenvalue weighted by atomic mass is 79.9. The number of halogens is 2. The number of nitrogens with two attached hydrogens (primary N) is 2. The molecule has 0 aliphatic carbocycles. The highest BCUT2D eigenvalue weighted by Gasteiger charge is 2.09. The van der Waals surface area contributed by atoms with Crippen molar-refractivity contribution in [3.63, 3.8) is 0 Å². The maximum absolute atomic E-state index is 9.49. The van der Waals surface area contributed by atoms with Crippen LogP contribution >= 0.6 is 28.3 Å². The Balaban J connectivity index is 0.00000169. The number of hydrogen-bond donors (Lipinski definition) is 3. The van der Waals surface area contributed by atoms with Crippen LogP contribution in [-0.4, -0.2) is 11.7 Å². The van der Waals surface area contributed by atoms with Gasteiger partial charge in [-0.2, -0.15) is 0 Å². The molecule has 0 bridgehead atoms. The minimum atomic E-state index is -0.192. The molecule has 1 aromatic carbocycles. The molecule has 0 saturated heterocycles. The van der Waals surface area contributed by atoms with E-state index in [9.17, 15) is 5.11 Å². The second-order valence-corrected chi connectivity index (χ2v) is 3.80. The van der Waals surface area contributed by atoms with Crippen molar-refractivity contribution >= 4 is 28.3 Å². The number of aromatic hydroxyl groups is 1. The SMILES string of the molecule is Cl.NCC[C@@H](N)c1cc(Br)ccc1O. The summed E-state index contributed by atoms with van der Waals surface area (Å²) < 4.78 is 0.910. The summed E-state index contributed by atoms with van der Waals surface area (Å²) in [6.45, 7) is 0.521. The standard InChI is InChI=1S/C9H13BrN2O.ClH/c10-6-1-2-9(13)7(5-6)8(12)3-4-11;/h1-2,5,8,13H,3-4,11-12H2;1H/t8-;/m1./s1. The Morgan fingerprint density at radius 1 is 1.43 bits per heavy atom. The molecule has 1 rings (SSSR count). The van der Waals surface area contributed by atoms with Gasteiger partial charge < -0.3 is 16.6 Å². The highest BCUT2D eigenvalue weighted by Crippen LogP contribution is 2.27. The van der Waals surface area contributed by atoms with Gasteiger partial charge in [0.1, 0.15) is 5.75 Å². The first-order valence-electron chi connectivity index (χ1n) is 4.09. The Bertz CT molecular complexity index is 296. The van der Waals surface area contributed by atoms with Crippen LogP contribution in [0, 0.1) is 0 Å². The minimum absolute atomic E-state index is 0. The van der Waals surface area contributed by atoms with Crippen molar-refractivity contribution in [3.05, 3.63) is 28.2 Å². The Morgan fingerprint density at radius 3 is 2.64 bits per heavy atom. The number of hydrogen-bond acceptors (Lipinski definition) is 3. The summed E-state index contributed by atoms with van der Waals surface area (Å²) >= 11 is 3.32. The Morgan fingerprint density at radius 2 is 2.07 bits per heavy atom. The molecule has 0 aliphatic heterocycles. The molecule has 1 aromatic rings. The van der Waals surface area contributed by atoms with Gasteiger partial charge in [0.2, 0.25) is 0 Å². The summed E-state index contributed by atoms with van der Waals surface area (Å²) in [6.07, 6.45) is 0.671. The fourth-order valence-corrected chi connectivity index (χ4v) is 1.54. The second kappa shape index (κ2) is 6.24. The molecule has 80 valence electrons. The monoisotopic (exact) mass is 280 g/mol. The maximum Gasteiger partial charge on any atom is 0.120 e. The van der Waals surface area contributed by atoms with Gasteiger partial charge in [0.25, 0.3) is 0 Å². The van der Waals surface area contributed by atoms with E-state index in [1.165, 1.54) is 0 Å². The van der Waals surface area contributed by atoms with Crippen LogP contribution < -0.4 is 11.5 Å². The fraction of sp³-hybridized carbons (Fsp3) is 0.333. The number of rotatable bonds is 3. The normalized spacial score (nSPS) is 11.9. The zero-order valence-electron chi connectivity index (χ0n) is 7.61. The number of phenols is 1. The van der Waals surface area contributed by atoms with Gasteiger partial charge in [0.15, 0.2) is 0 Å². The van der Waals surface area contributed by atoms with Crippen molar-refractivity contribution in [2.45, 2.75) is 12.5 Å². The van der Waals surface area contributed by atoms with E-state index in [2.05, 4.69) is 15.9 Å². The van der Waals surface area contributed by atoms with Crippen molar-refractivity contribution in [2.24, 2.45) is 11.5 Å². The van der Waals surface area contributed by atoms with E-state index in [0.29, 0.717) is 13.0 Å². The van der Waals surface area contributed by atoms with E-state index in [1.54, 1.807) is 12.1 Å². The molecule has 5 heteroatoms. The van der Waals surface area contributed by atoms with Crippen LogP contribution in [-0.2, 0) is 0 Å². The van der Waals surface area contributed by atoms with Crippen LogP contribution in [0.4, 0.5) is 0 Å². The Hall–Kier alpha value is -0.290. The molecule has 0 amide bonds. The van der Waals surface area contributed by atoms with E-state index < -0.39 is 0 Å². The molecule has 1 atom stereocenters. The lowest BCUT2D eigenvalue weighted by Gasteiger charge is -2.12. The van der Waals surface area contributed by atoms with Crippen molar-refractivity contribution < 1.29 is 5.11 Å². The zero-order valence-corrected chi connectivity index (χ0v) is 10.0. The van der Waals surface area contributed by atoms with E-state index in [0.717, 1.165) is 10.0 Å². The van der Waals surface area contributed by atoms with Gasteiger partial charge in [-0.3, -0.25) is 0 Å². The Labute approximate surface area is 98.0 Å². The van der Waals surface area contributed by atoms with Crippen LogP contribution in [0.3, 0.4) is 0 Å². The largest absolute Gasteiger partial charge is 0.508 e. The van der Waals surface area contributed by atoms with E-state index >= 15 is 0 Å². The summed E-state index contributed by atoms with van der Waals surface area (Å²) in [4.78, 5) is 0. The first kappa shape index (κ1) is 13.7. The van der Waals surface area contributed by atoms with Gasteiger partial charge in [-0.05, 0) is 31.2 Å².